The molecule has 5 rings (SSSR count). The van der Waals surface area contributed by atoms with Crippen LogP contribution in [0.4, 0.5) is 0 Å². The van der Waals surface area contributed by atoms with E-state index in [1.807, 2.05) is 24.4 Å². The van der Waals surface area contributed by atoms with Crippen molar-refractivity contribution in [2.24, 2.45) is 0 Å². The summed E-state index contributed by atoms with van der Waals surface area (Å²) >= 11 is 0. The summed E-state index contributed by atoms with van der Waals surface area (Å²) < 4.78 is 3.74. The lowest BCUT2D eigenvalue weighted by atomic mass is 9.90. The van der Waals surface area contributed by atoms with Crippen molar-refractivity contribution in [2.75, 3.05) is 0 Å². The Morgan fingerprint density at radius 2 is 1.58 bits per heavy atom. The van der Waals surface area contributed by atoms with Crippen molar-refractivity contribution >= 4 is 5.97 Å². The largest absolute Gasteiger partial charge is 0.478 e. The second kappa shape index (κ2) is 6.94. The normalized spacial score (nSPS) is 14.5. The number of nitrogens with zero attached hydrogens (tertiary/aromatic N) is 4. The van der Waals surface area contributed by atoms with Crippen molar-refractivity contribution in [3.8, 4) is 22.5 Å². The van der Waals surface area contributed by atoms with Gasteiger partial charge in [-0.2, -0.15) is 10.2 Å². The van der Waals surface area contributed by atoms with E-state index >= 15 is 0 Å². The van der Waals surface area contributed by atoms with Gasteiger partial charge < -0.3 is 5.11 Å². The highest BCUT2D eigenvalue weighted by molar-refractivity contribution is 5.88. The molecule has 2 aromatic heterocycles. The van der Waals surface area contributed by atoms with Gasteiger partial charge in [0, 0.05) is 5.41 Å². The van der Waals surface area contributed by atoms with E-state index in [2.05, 4.69) is 59.1 Å². The highest BCUT2D eigenvalue weighted by atomic mass is 16.4. The lowest BCUT2D eigenvalue weighted by Crippen LogP contribution is -2.18. The quantitative estimate of drug-likeness (QED) is 0.514. The molecule has 2 heterocycles. The van der Waals surface area contributed by atoms with E-state index in [4.69, 9.17) is 0 Å². The minimum absolute atomic E-state index is 0.112. The predicted octanol–water partition coefficient (Wildman–Crippen LogP) is 4.96. The number of fused-ring (bicyclic) bond motifs is 1. The van der Waals surface area contributed by atoms with Gasteiger partial charge in [-0.1, -0.05) is 38.1 Å². The Hall–Kier alpha value is -3.67. The maximum atomic E-state index is 11.4. The van der Waals surface area contributed by atoms with Crippen LogP contribution in [0.15, 0.2) is 60.9 Å². The third-order valence-electron chi connectivity index (χ3n) is 6.26. The van der Waals surface area contributed by atoms with Crippen LogP contribution in [0, 0.1) is 6.92 Å². The van der Waals surface area contributed by atoms with Crippen molar-refractivity contribution in [1.82, 2.24) is 19.6 Å². The fraction of sp³-hybridized carbons (Fsp3) is 0.240. The molecule has 6 heteroatoms. The molecule has 4 aromatic rings. The number of carbonyl (C=O) groups is 1. The van der Waals surface area contributed by atoms with Crippen molar-refractivity contribution in [3.05, 3.63) is 83.4 Å². The van der Waals surface area contributed by atoms with E-state index in [0.717, 1.165) is 35.3 Å². The fourth-order valence-corrected chi connectivity index (χ4v) is 4.56. The van der Waals surface area contributed by atoms with Gasteiger partial charge in [-0.3, -0.25) is 0 Å². The maximum Gasteiger partial charge on any atom is 0.339 e. The van der Waals surface area contributed by atoms with E-state index in [-0.39, 0.29) is 11.0 Å². The average molecular weight is 412 g/mol. The van der Waals surface area contributed by atoms with Gasteiger partial charge in [-0.05, 0) is 60.7 Å². The fourth-order valence-electron chi connectivity index (χ4n) is 4.56. The molecule has 2 aromatic carbocycles. The van der Waals surface area contributed by atoms with Crippen LogP contribution in [0.25, 0.3) is 22.5 Å². The number of aryl methyl sites for hydroxylation is 1. The van der Waals surface area contributed by atoms with Gasteiger partial charge in [0.25, 0.3) is 0 Å². The second-order valence-electron chi connectivity index (χ2n) is 8.78. The average Bonchev–Trinajstić information content (AvgIpc) is 3.44. The third-order valence-corrected chi connectivity index (χ3v) is 6.26. The number of hydrogen-bond donors (Lipinski definition) is 1. The third kappa shape index (κ3) is 3.15. The monoisotopic (exact) mass is 412 g/mol. The molecule has 0 saturated heterocycles. The molecule has 0 unspecified atom stereocenters. The lowest BCUT2D eigenvalue weighted by Gasteiger charge is -2.21. The number of hydrogen-bond acceptors (Lipinski definition) is 3. The van der Waals surface area contributed by atoms with Gasteiger partial charge in [-0.15, -0.1) is 0 Å². The molecule has 0 bridgehead atoms. The maximum absolute atomic E-state index is 11.4. The molecule has 0 atom stereocenters. The number of aromatic nitrogens is 4. The Labute approximate surface area is 180 Å². The first kappa shape index (κ1) is 19.3. The molecule has 1 aliphatic carbocycles. The highest BCUT2D eigenvalue weighted by Crippen LogP contribution is 2.39. The van der Waals surface area contributed by atoms with Gasteiger partial charge in [0.2, 0.25) is 0 Å². The number of rotatable bonds is 4. The van der Waals surface area contributed by atoms with Gasteiger partial charge in [-0.25, -0.2) is 14.2 Å². The van der Waals surface area contributed by atoms with Crippen molar-refractivity contribution < 1.29 is 9.90 Å². The van der Waals surface area contributed by atoms with Gasteiger partial charge >= 0.3 is 5.97 Å². The van der Waals surface area contributed by atoms with Gasteiger partial charge in [0.1, 0.15) is 5.56 Å². The minimum atomic E-state index is -0.970. The molecule has 0 spiro atoms. The molecule has 1 aliphatic rings. The number of carboxylic acids is 1. The van der Waals surface area contributed by atoms with E-state index in [1.165, 1.54) is 17.5 Å². The number of carboxylic acid groups (broad SMARTS) is 1. The van der Waals surface area contributed by atoms with Crippen LogP contribution in [0.5, 0.6) is 0 Å². The van der Waals surface area contributed by atoms with Crippen LogP contribution in [-0.2, 0) is 11.8 Å². The molecular weight excluding hydrogens is 388 g/mol. The van der Waals surface area contributed by atoms with Crippen LogP contribution in [-0.4, -0.2) is 30.6 Å². The van der Waals surface area contributed by atoms with Crippen molar-refractivity contribution in [3.63, 3.8) is 0 Å². The molecule has 31 heavy (non-hydrogen) atoms. The molecular formula is C25H24N4O2. The highest BCUT2D eigenvalue weighted by Gasteiger charge is 2.34. The molecule has 0 amide bonds. The molecule has 156 valence electrons. The summed E-state index contributed by atoms with van der Waals surface area (Å²) in [7, 11) is 0. The first-order valence-electron chi connectivity index (χ1n) is 10.4. The zero-order valence-electron chi connectivity index (χ0n) is 17.8. The summed E-state index contributed by atoms with van der Waals surface area (Å²) in [6.45, 7) is 6.33. The first-order valence-corrected chi connectivity index (χ1v) is 10.4. The van der Waals surface area contributed by atoms with Gasteiger partial charge in [0.05, 0.1) is 35.2 Å². The van der Waals surface area contributed by atoms with Crippen LogP contribution in [0.2, 0.25) is 0 Å². The van der Waals surface area contributed by atoms with Crippen LogP contribution in [0.1, 0.15) is 47.6 Å². The topological polar surface area (TPSA) is 72.9 Å². The first-order chi connectivity index (χ1) is 14.8. The molecule has 0 fully saturated rings. The Balaban J connectivity index is 1.55. The number of aromatic carboxylic acids is 1. The predicted molar refractivity (Wildman–Crippen MR) is 119 cm³/mol. The van der Waals surface area contributed by atoms with Crippen LogP contribution in [0.3, 0.4) is 0 Å². The van der Waals surface area contributed by atoms with Crippen molar-refractivity contribution in [2.45, 2.75) is 39.0 Å². The van der Waals surface area contributed by atoms with Crippen molar-refractivity contribution in [1.29, 1.82) is 0 Å². The summed E-state index contributed by atoms with van der Waals surface area (Å²) in [4.78, 5) is 11.4. The summed E-state index contributed by atoms with van der Waals surface area (Å²) in [6.07, 6.45) is 5.61. The summed E-state index contributed by atoms with van der Waals surface area (Å²) in [5, 5.41) is 18.3. The zero-order chi connectivity index (χ0) is 21.8. The Bertz CT molecular complexity index is 1310. The molecule has 1 N–H and O–H groups in total. The lowest BCUT2D eigenvalue weighted by molar-refractivity contribution is 0.0696. The zero-order valence-corrected chi connectivity index (χ0v) is 17.8. The standard InChI is InChI=1S/C25H24N4O2/c1-16-22(24(30)31)15-27-28(16)20-8-4-6-17(12-20)18-7-5-9-21(13-18)29-23-19(14-26-29)10-11-25(23,2)3/h4-9,12-15H,10-11H2,1-3H3,(H,30,31). The molecule has 6 nitrogen and oxygen atoms in total. The molecule has 0 aliphatic heterocycles. The van der Waals surface area contributed by atoms with E-state index in [1.54, 1.807) is 11.6 Å². The Morgan fingerprint density at radius 1 is 0.968 bits per heavy atom. The van der Waals surface area contributed by atoms with E-state index in [0.29, 0.717) is 5.69 Å². The minimum Gasteiger partial charge on any atom is -0.478 e. The molecule has 0 radical (unpaired) electrons. The van der Waals surface area contributed by atoms with Gasteiger partial charge in [0.15, 0.2) is 0 Å². The number of benzene rings is 2. The summed E-state index contributed by atoms with van der Waals surface area (Å²) in [5.41, 5.74) is 7.54. The van der Waals surface area contributed by atoms with Crippen LogP contribution >= 0.6 is 0 Å². The summed E-state index contributed by atoms with van der Waals surface area (Å²) in [6, 6.07) is 16.4. The van der Waals surface area contributed by atoms with E-state index < -0.39 is 5.97 Å². The Kier molecular flexibility index (Phi) is 4.32. The SMILES string of the molecule is Cc1c(C(=O)O)cnn1-c1cccc(-c2cccc(-n3ncc4c3C(C)(C)CC4)c2)c1. The smallest absolute Gasteiger partial charge is 0.339 e. The summed E-state index contributed by atoms with van der Waals surface area (Å²) in [5.74, 6) is -0.970. The van der Waals surface area contributed by atoms with Crippen LogP contribution < -0.4 is 0 Å². The van der Waals surface area contributed by atoms with E-state index in [9.17, 15) is 9.90 Å². The second-order valence-corrected chi connectivity index (χ2v) is 8.78. The Morgan fingerprint density at radius 3 is 2.19 bits per heavy atom. The molecule has 0 saturated carbocycles.